The van der Waals surface area contributed by atoms with E-state index in [9.17, 15) is 19.4 Å². The van der Waals surface area contributed by atoms with E-state index < -0.39 is 20.0 Å². The molecule has 8 nitrogen and oxygen atoms in total. The minimum atomic E-state index is -4.58. The first-order valence-corrected chi connectivity index (χ1v) is 40.0. The van der Waals surface area contributed by atoms with Crippen LogP contribution in [0.5, 0.6) is 0 Å². The molecule has 3 atom stereocenters. The lowest BCUT2D eigenvalue weighted by molar-refractivity contribution is -0.870. The number of amides is 1. The number of carbonyl (C=O) groups is 1. The van der Waals surface area contributed by atoms with E-state index in [1.807, 2.05) is 21.1 Å². The highest BCUT2D eigenvalue weighted by Crippen LogP contribution is 2.38. The number of aliphatic hydroxyl groups is 1. The summed E-state index contributed by atoms with van der Waals surface area (Å²) in [6.07, 6.45) is 87.5. The van der Waals surface area contributed by atoms with Crippen LogP contribution in [0.25, 0.3) is 0 Å². The van der Waals surface area contributed by atoms with Crippen molar-refractivity contribution in [1.82, 2.24) is 5.32 Å². The Kier molecular flexibility index (Phi) is 67.0. The zero-order valence-electron chi connectivity index (χ0n) is 58.4. The summed E-state index contributed by atoms with van der Waals surface area (Å²) >= 11 is 0. The smallest absolute Gasteiger partial charge is 0.268 e. The molecule has 85 heavy (non-hydrogen) atoms. The fourth-order valence-electron chi connectivity index (χ4n) is 12.3. The molecule has 0 bridgehead atoms. The van der Waals surface area contributed by atoms with Gasteiger partial charge in [-0.15, -0.1) is 0 Å². The van der Waals surface area contributed by atoms with Crippen LogP contribution in [0.2, 0.25) is 0 Å². The van der Waals surface area contributed by atoms with Gasteiger partial charge in [0.05, 0.1) is 39.9 Å². The Labute approximate surface area is 532 Å². The van der Waals surface area contributed by atoms with E-state index in [0.29, 0.717) is 23.9 Å². The molecule has 0 saturated heterocycles. The van der Waals surface area contributed by atoms with Crippen molar-refractivity contribution in [3.8, 4) is 0 Å². The third kappa shape index (κ3) is 70.6. The second-order valence-electron chi connectivity index (χ2n) is 28.1. The Balaban J connectivity index is 3.90. The number of quaternary nitrogens is 1. The summed E-state index contributed by atoms with van der Waals surface area (Å²) in [4.78, 5) is 25.7. The molecular weight excluding hydrogens is 1070 g/mol. The van der Waals surface area contributed by atoms with Crippen molar-refractivity contribution in [1.29, 1.82) is 0 Å². The number of aliphatic hydroxyl groups excluding tert-OH is 1. The van der Waals surface area contributed by atoms with Crippen LogP contribution in [-0.2, 0) is 18.4 Å². The number of allylic oxidation sites excluding steroid dienone is 2. The zero-order chi connectivity index (χ0) is 61.9. The summed E-state index contributed by atoms with van der Waals surface area (Å²) < 4.78 is 23.6. The van der Waals surface area contributed by atoms with E-state index in [4.69, 9.17) is 9.05 Å². The summed E-state index contributed by atoms with van der Waals surface area (Å²) in [6.45, 7) is 4.80. The van der Waals surface area contributed by atoms with Crippen LogP contribution in [0.3, 0.4) is 0 Å². The van der Waals surface area contributed by atoms with Crippen molar-refractivity contribution in [3.05, 3.63) is 12.2 Å². The number of hydrogen-bond acceptors (Lipinski definition) is 6. The number of phosphoric acid groups is 1. The molecule has 0 heterocycles. The van der Waals surface area contributed by atoms with Gasteiger partial charge in [0.15, 0.2) is 0 Å². The highest BCUT2D eigenvalue weighted by atomic mass is 31.2. The standard InChI is InChI=1S/C76H153N2O6P/c1-6-8-10-12-14-16-18-20-22-24-26-28-30-32-34-35-36-37-38-39-40-41-42-43-44-46-48-50-52-54-56-58-60-62-64-66-68-70-76(80)77-74(73-84-85(81,82)83-72-71-78(3,4)5)75(79)69-67-65-63-61-59-57-55-53-51-49-47-45-33-31-29-27-25-23-21-19-17-15-13-11-9-7-2/h24,26,74-75,79H,6-23,25,27-73H2,1-5H3,(H-,77,80,81,82)/b26-24-. The second kappa shape index (κ2) is 67.6. The van der Waals surface area contributed by atoms with Gasteiger partial charge in [0.2, 0.25) is 5.91 Å². The van der Waals surface area contributed by atoms with Gasteiger partial charge in [0.1, 0.15) is 13.2 Å². The number of likely N-dealkylation sites (N-methyl/N-ethyl adjacent to an activating group) is 1. The number of unbranched alkanes of at least 4 members (excludes halogenated alkanes) is 58. The van der Waals surface area contributed by atoms with Crippen LogP contribution in [0, 0.1) is 0 Å². The van der Waals surface area contributed by atoms with E-state index in [0.717, 1.165) is 38.5 Å². The molecule has 0 aromatic rings. The van der Waals surface area contributed by atoms with E-state index >= 15 is 0 Å². The topological polar surface area (TPSA) is 108 Å². The molecule has 3 unspecified atom stereocenters. The fraction of sp³-hybridized carbons (Fsp3) is 0.961. The zero-order valence-corrected chi connectivity index (χ0v) is 59.3. The number of nitrogens with zero attached hydrogens (tertiary/aromatic N) is 1. The SMILES string of the molecule is CCCCCCCCCC/C=C\CCCCCCCCCCCCCCCCCCCCCCCCCCCC(=O)NC(COP(=O)([O-])OCC[N+](C)(C)C)C(O)CCCCCCCCCCCCCCCCCCCCCCCCCCCC. The Morgan fingerprint density at radius 3 is 0.918 bits per heavy atom. The number of nitrogens with one attached hydrogen (secondary N) is 1. The van der Waals surface area contributed by atoms with Gasteiger partial charge in [-0.1, -0.05) is 386 Å². The molecule has 1 amide bonds. The lowest BCUT2D eigenvalue weighted by atomic mass is 10.0. The maximum atomic E-state index is 13.1. The normalized spacial score (nSPS) is 13.5. The van der Waals surface area contributed by atoms with Gasteiger partial charge >= 0.3 is 0 Å². The number of phosphoric ester groups is 1. The minimum Gasteiger partial charge on any atom is -0.756 e. The van der Waals surface area contributed by atoms with Gasteiger partial charge < -0.3 is 28.8 Å². The molecule has 0 fully saturated rings. The monoisotopic (exact) mass is 1220 g/mol. The van der Waals surface area contributed by atoms with Gasteiger partial charge in [-0.25, -0.2) is 0 Å². The van der Waals surface area contributed by atoms with Crippen molar-refractivity contribution < 1.29 is 32.9 Å². The number of hydrogen-bond donors (Lipinski definition) is 2. The van der Waals surface area contributed by atoms with Crippen LogP contribution < -0.4 is 10.2 Å². The Hall–Kier alpha value is -0.760. The van der Waals surface area contributed by atoms with Crippen molar-refractivity contribution in [2.75, 3.05) is 40.9 Å². The van der Waals surface area contributed by atoms with Gasteiger partial charge in [0, 0.05) is 6.42 Å². The van der Waals surface area contributed by atoms with Gasteiger partial charge in [0.25, 0.3) is 7.82 Å². The second-order valence-corrected chi connectivity index (χ2v) is 29.5. The molecule has 0 spiro atoms. The average Bonchev–Trinajstić information content (AvgIpc) is 3.49. The maximum absolute atomic E-state index is 13.1. The largest absolute Gasteiger partial charge is 0.756 e. The molecule has 508 valence electrons. The molecule has 0 aliphatic carbocycles. The lowest BCUT2D eigenvalue weighted by Crippen LogP contribution is -2.46. The third-order valence-electron chi connectivity index (χ3n) is 18.3. The van der Waals surface area contributed by atoms with Crippen molar-refractivity contribution >= 4 is 13.7 Å². The highest BCUT2D eigenvalue weighted by molar-refractivity contribution is 7.45. The molecule has 0 rings (SSSR count). The third-order valence-corrected chi connectivity index (χ3v) is 19.2. The highest BCUT2D eigenvalue weighted by Gasteiger charge is 2.24. The van der Waals surface area contributed by atoms with Crippen molar-refractivity contribution in [2.24, 2.45) is 0 Å². The summed E-state index contributed by atoms with van der Waals surface area (Å²) in [5.41, 5.74) is 0. The van der Waals surface area contributed by atoms with Crippen molar-refractivity contribution in [2.45, 2.75) is 431 Å². The van der Waals surface area contributed by atoms with Crippen LogP contribution in [0.1, 0.15) is 418 Å². The average molecular weight is 1220 g/mol. The Bertz CT molecular complexity index is 1390. The number of rotatable bonds is 73. The molecule has 0 aliphatic rings. The number of carbonyl (C=O) groups excluding carboxylic acids is 1. The Morgan fingerprint density at radius 2 is 0.647 bits per heavy atom. The molecule has 0 radical (unpaired) electrons. The van der Waals surface area contributed by atoms with Crippen LogP contribution >= 0.6 is 7.82 Å². The summed E-state index contributed by atoms with van der Waals surface area (Å²) in [5.74, 6) is -0.153. The molecule has 2 N–H and O–H groups in total. The molecule has 0 aromatic carbocycles. The summed E-state index contributed by atoms with van der Waals surface area (Å²) in [7, 11) is 1.33. The Morgan fingerprint density at radius 1 is 0.400 bits per heavy atom. The van der Waals surface area contributed by atoms with Gasteiger partial charge in [-0.05, 0) is 38.5 Å². The van der Waals surface area contributed by atoms with Crippen LogP contribution in [-0.4, -0.2) is 68.5 Å². The summed E-state index contributed by atoms with van der Waals surface area (Å²) in [5, 5.41) is 14.1. The van der Waals surface area contributed by atoms with E-state index in [-0.39, 0.29) is 19.1 Å². The molecular formula is C76H153N2O6P. The first-order valence-electron chi connectivity index (χ1n) is 38.5. The fourth-order valence-corrected chi connectivity index (χ4v) is 13.0. The first-order chi connectivity index (χ1) is 41.5. The molecule has 0 saturated carbocycles. The predicted molar refractivity (Wildman–Crippen MR) is 372 cm³/mol. The van der Waals surface area contributed by atoms with E-state index in [1.165, 1.54) is 353 Å². The molecule has 0 aliphatic heterocycles. The van der Waals surface area contributed by atoms with Gasteiger partial charge in [-0.3, -0.25) is 9.36 Å². The van der Waals surface area contributed by atoms with Crippen LogP contribution in [0.4, 0.5) is 0 Å². The molecule has 0 aromatic heterocycles. The minimum absolute atomic E-state index is 0.0163. The quantitative estimate of drug-likeness (QED) is 0.0272. The van der Waals surface area contributed by atoms with E-state index in [1.54, 1.807) is 0 Å². The predicted octanol–water partition coefficient (Wildman–Crippen LogP) is 24.2. The van der Waals surface area contributed by atoms with Gasteiger partial charge in [-0.2, -0.15) is 0 Å². The van der Waals surface area contributed by atoms with E-state index in [2.05, 4.69) is 31.3 Å². The lowest BCUT2D eigenvalue weighted by Gasteiger charge is -2.30. The first kappa shape index (κ1) is 84.2. The summed E-state index contributed by atoms with van der Waals surface area (Å²) in [6, 6.07) is -0.798. The molecule has 9 heteroatoms. The maximum Gasteiger partial charge on any atom is 0.268 e. The van der Waals surface area contributed by atoms with Crippen LogP contribution in [0.15, 0.2) is 12.2 Å². The van der Waals surface area contributed by atoms with Crippen molar-refractivity contribution in [3.63, 3.8) is 0 Å².